The van der Waals surface area contributed by atoms with Gasteiger partial charge in [0, 0.05) is 12.6 Å². The third kappa shape index (κ3) is 5.01. The molecule has 1 atom stereocenters. The number of likely N-dealkylation sites (tertiary alicyclic amines) is 1. The van der Waals surface area contributed by atoms with Crippen LogP contribution in [0.1, 0.15) is 47.9 Å². The van der Waals surface area contributed by atoms with Gasteiger partial charge in [-0.2, -0.15) is 9.78 Å². The van der Waals surface area contributed by atoms with E-state index in [4.69, 9.17) is 10.4 Å². The Morgan fingerprint density at radius 2 is 1.92 bits per heavy atom. The Morgan fingerprint density at radius 1 is 1.14 bits per heavy atom. The minimum atomic E-state index is -0.479. The minimum absolute atomic E-state index is 0.0665. The van der Waals surface area contributed by atoms with Gasteiger partial charge in [0.1, 0.15) is 0 Å². The number of hydrazone groups is 1. The van der Waals surface area contributed by atoms with Crippen molar-refractivity contribution in [3.8, 4) is 16.9 Å². The average molecular weight is 486 g/mol. The molecule has 1 fully saturated rings. The molecule has 11 nitrogen and oxygen atoms in total. The standard InChI is InChI=1S/C25H27N9O2/c1-17-7-5-6-14-33(17)16-21-22(28-32-34(21)24-23(26)30-36-31-24)25(35)29-27-15-18-10-12-20(13-11-18)19-8-3-2-4-9-19/h2-4,8-13,15,17H,5-7,14,16H2,1H3,(H2,26,30)(H,29,35)/b27-15+/t17-/m0/s1. The molecule has 0 aliphatic carbocycles. The maximum Gasteiger partial charge on any atom is 0.293 e. The summed E-state index contributed by atoms with van der Waals surface area (Å²) in [7, 11) is 0. The van der Waals surface area contributed by atoms with Gasteiger partial charge in [-0.1, -0.05) is 66.2 Å². The molecule has 2 aromatic heterocycles. The highest BCUT2D eigenvalue weighted by Crippen LogP contribution is 2.23. The van der Waals surface area contributed by atoms with Gasteiger partial charge in [-0.15, -0.1) is 5.10 Å². The van der Waals surface area contributed by atoms with Gasteiger partial charge in [0.25, 0.3) is 5.91 Å². The molecule has 0 radical (unpaired) electrons. The Hall–Kier alpha value is -4.38. The number of piperidine rings is 1. The lowest BCUT2D eigenvalue weighted by Crippen LogP contribution is -2.38. The van der Waals surface area contributed by atoms with Crippen LogP contribution in [0.3, 0.4) is 0 Å². The van der Waals surface area contributed by atoms with E-state index in [1.54, 1.807) is 6.21 Å². The Morgan fingerprint density at radius 3 is 2.64 bits per heavy atom. The van der Waals surface area contributed by atoms with Gasteiger partial charge < -0.3 is 5.73 Å². The highest BCUT2D eigenvalue weighted by atomic mass is 16.6. The Bertz CT molecular complexity index is 1350. The number of hydrogen-bond acceptors (Lipinski definition) is 9. The number of carbonyl (C=O) groups excluding carboxylic acids is 1. The minimum Gasteiger partial charge on any atom is -0.378 e. The molecule has 11 heteroatoms. The van der Waals surface area contributed by atoms with Crippen LogP contribution in [-0.2, 0) is 6.54 Å². The van der Waals surface area contributed by atoms with Gasteiger partial charge in [0.15, 0.2) is 5.69 Å². The third-order valence-electron chi connectivity index (χ3n) is 6.37. The molecular formula is C25H27N9O2. The third-order valence-corrected chi connectivity index (χ3v) is 6.37. The second kappa shape index (κ2) is 10.5. The molecule has 0 bridgehead atoms. The van der Waals surface area contributed by atoms with Crippen LogP contribution in [0.2, 0.25) is 0 Å². The molecule has 5 rings (SSSR count). The first-order valence-corrected chi connectivity index (χ1v) is 11.9. The average Bonchev–Trinajstić information content (AvgIpc) is 3.52. The highest BCUT2D eigenvalue weighted by molar-refractivity contribution is 5.94. The lowest BCUT2D eigenvalue weighted by atomic mass is 10.0. The van der Waals surface area contributed by atoms with E-state index in [0.29, 0.717) is 18.3 Å². The van der Waals surface area contributed by atoms with E-state index in [1.807, 2.05) is 42.5 Å². The Labute approximate surface area is 207 Å². The molecule has 1 amide bonds. The number of nitrogen functional groups attached to an aromatic ring is 1. The first-order valence-electron chi connectivity index (χ1n) is 11.9. The van der Waals surface area contributed by atoms with Crippen molar-refractivity contribution in [2.45, 2.75) is 38.8 Å². The van der Waals surface area contributed by atoms with Gasteiger partial charge in [0.2, 0.25) is 11.6 Å². The first-order chi connectivity index (χ1) is 17.6. The fraction of sp³-hybridized carbons (Fsp3) is 0.280. The number of nitrogens with zero attached hydrogens (tertiary/aromatic N) is 7. The fourth-order valence-electron chi connectivity index (χ4n) is 4.32. The summed E-state index contributed by atoms with van der Waals surface area (Å²) >= 11 is 0. The van der Waals surface area contributed by atoms with Crippen molar-refractivity contribution in [2.24, 2.45) is 5.10 Å². The molecule has 0 saturated carbocycles. The Kier molecular flexibility index (Phi) is 6.80. The molecular weight excluding hydrogens is 458 g/mol. The van der Waals surface area contributed by atoms with Gasteiger partial charge in [-0.3, -0.25) is 9.69 Å². The largest absolute Gasteiger partial charge is 0.378 e. The second-order valence-corrected chi connectivity index (χ2v) is 8.77. The van der Waals surface area contributed by atoms with Crippen molar-refractivity contribution in [3.05, 3.63) is 71.5 Å². The number of amides is 1. The number of nitrogens with one attached hydrogen (secondary N) is 1. The number of carbonyl (C=O) groups is 1. The summed E-state index contributed by atoms with van der Waals surface area (Å²) in [6.07, 6.45) is 4.95. The second-order valence-electron chi connectivity index (χ2n) is 8.77. The number of hydrogen-bond donors (Lipinski definition) is 2. The molecule has 0 spiro atoms. The fourth-order valence-corrected chi connectivity index (χ4v) is 4.32. The summed E-state index contributed by atoms with van der Waals surface area (Å²) in [4.78, 5) is 15.3. The molecule has 36 heavy (non-hydrogen) atoms. The maximum atomic E-state index is 13.0. The number of aromatic nitrogens is 5. The van der Waals surface area contributed by atoms with E-state index in [9.17, 15) is 4.79 Å². The zero-order chi connectivity index (χ0) is 24.9. The van der Waals surface area contributed by atoms with Crippen LogP contribution in [0.15, 0.2) is 64.3 Å². The lowest BCUT2D eigenvalue weighted by molar-refractivity contribution is 0.0945. The quantitative estimate of drug-likeness (QED) is 0.301. The van der Waals surface area contributed by atoms with Crippen molar-refractivity contribution in [2.75, 3.05) is 12.3 Å². The number of rotatable bonds is 7. The van der Waals surface area contributed by atoms with E-state index < -0.39 is 5.91 Å². The van der Waals surface area contributed by atoms with Gasteiger partial charge in [-0.25, -0.2) is 10.1 Å². The van der Waals surface area contributed by atoms with Crippen LogP contribution >= 0.6 is 0 Å². The summed E-state index contributed by atoms with van der Waals surface area (Å²) in [6, 6.07) is 18.4. The van der Waals surface area contributed by atoms with Crippen LogP contribution in [0.5, 0.6) is 0 Å². The van der Waals surface area contributed by atoms with Gasteiger partial charge >= 0.3 is 0 Å². The molecule has 184 valence electrons. The summed E-state index contributed by atoms with van der Waals surface area (Å²) in [5.74, 6) is -0.215. The van der Waals surface area contributed by atoms with Crippen molar-refractivity contribution >= 4 is 17.9 Å². The van der Waals surface area contributed by atoms with Crippen LogP contribution in [-0.4, -0.2) is 54.9 Å². The monoisotopic (exact) mass is 485 g/mol. The predicted molar refractivity (Wildman–Crippen MR) is 134 cm³/mol. The molecule has 1 aliphatic heterocycles. The molecule has 1 aliphatic rings. The van der Waals surface area contributed by atoms with Crippen LogP contribution < -0.4 is 11.2 Å². The molecule has 0 unspecified atom stereocenters. The number of benzene rings is 2. The summed E-state index contributed by atoms with van der Waals surface area (Å²) < 4.78 is 6.15. The molecule has 3 heterocycles. The summed E-state index contributed by atoms with van der Waals surface area (Å²) in [5.41, 5.74) is 12.2. The zero-order valence-electron chi connectivity index (χ0n) is 19.9. The molecule has 4 aromatic rings. The summed E-state index contributed by atoms with van der Waals surface area (Å²) in [6.45, 7) is 3.54. The number of anilines is 1. The molecule has 3 N–H and O–H groups in total. The van der Waals surface area contributed by atoms with Crippen LogP contribution in [0, 0.1) is 0 Å². The maximum absolute atomic E-state index is 13.0. The van der Waals surface area contributed by atoms with Crippen LogP contribution in [0.25, 0.3) is 16.9 Å². The Balaban J connectivity index is 1.33. The van der Waals surface area contributed by atoms with E-state index >= 15 is 0 Å². The number of nitrogens with two attached hydrogens (primary N) is 1. The van der Waals surface area contributed by atoms with Crippen molar-refractivity contribution < 1.29 is 9.42 Å². The smallest absolute Gasteiger partial charge is 0.293 e. The van der Waals surface area contributed by atoms with E-state index in [2.05, 4.69) is 55.1 Å². The van der Waals surface area contributed by atoms with E-state index in [0.717, 1.165) is 36.1 Å². The summed E-state index contributed by atoms with van der Waals surface area (Å²) in [5, 5.41) is 19.8. The predicted octanol–water partition coefficient (Wildman–Crippen LogP) is 3.04. The van der Waals surface area contributed by atoms with Crippen molar-refractivity contribution in [1.82, 2.24) is 35.6 Å². The highest BCUT2D eigenvalue weighted by Gasteiger charge is 2.28. The normalized spacial score (nSPS) is 16.4. The first kappa shape index (κ1) is 23.4. The van der Waals surface area contributed by atoms with Gasteiger partial charge in [0.05, 0.1) is 11.9 Å². The van der Waals surface area contributed by atoms with Crippen molar-refractivity contribution in [1.29, 1.82) is 0 Å². The molecule has 2 aromatic carbocycles. The topological polar surface area (TPSA) is 140 Å². The zero-order valence-corrected chi connectivity index (χ0v) is 19.9. The van der Waals surface area contributed by atoms with Crippen LogP contribution in [0.4, 0.5) is 5.82 Å². The van der Waals surface area contributed by atoms with E-state index in [1.165, 1.54) is 11.1 Å². The van der Waals surface area contributed by atoms with Gasteiger partial charge in [-0.05, 0) is 53.3 Å². The lowest BCUT2D eigenvalue weighted by Gasteiger charge is -2.33. The van der Waals surface area contributed by atoms with E-state index in [-0.39, 0.29) is 17.3 Å². The molecule has 1 saturated heterocycles. The SMILES string of the molecule is C[C@H]1CCCCN1Cc1c(C(=O)N/N=C/c2ccc(-c3ccccc3)cc2)nnn1-c1nonc1N. The van der Waals surface area contributed by atoms with Crippen molar-refractivity contribution in [3.63, 3.8) is 0 Å².